The molecule has 1 aromatic heterocycles. The summed E-state index contributed by atoms with van der Waals surface area (Å²) < 4.78 is 34.2. The molecule has 1 aliphatic heterocycles. The highest BCUT2D eigenvalue weighted by atomic mass is 127. The maximum atomic E-state index is 13.6. The van der Waals surface area contributed by atoms with E-state index in [4.69, 9.17) is 4.74 Å². The van der Waals surface area contributed by atoms with Crippen molar-refractivity contribution in [2.24, 2.45) is 12.0 Å². The van der Waals surface area contributed by atoms with Crippen molar-refractivity contribution in [1.82, 2.24) is 30.3 Å². The van der Waals surface area contributed by atoms with Crippen LogP contribution in [0.5, 0.6) is 0 Å². The molecule has 1 fully saturated rings. The summed E-state index contributed by atoms with van der Waals surface area (Å²) in [6.07, 6.45) is 0.948. The van der Waals surface area contributed by atoms with Crippen molar-refractivity contribution in [2.75, 3.05) is 39.4 Å². The van der Waals surface area contributed by atoms with Crippen molar-refractivity contribution >= 4 is 29.9 Å². The lowest BCUT2D eigenvalue weighted by Crippen LogP contribution is -2.41. The first-order chi connectivity index (χ1) is 14.9. The Kier molecular flexibility index (Phi) is 10.7. The Labute approximate surface area is 204 Å². The number of hydrogen-bond acceptors (Lipinski definition) is 5. The lowest BCUT2D eigenvalue weighted by atomic mass is 10.1. The van der Waals surface area contributed by atoms with Crippen LogP contribution in [0.25, 0.3) is 0 Å². The number of hydrogen-bond donors (Lipinski definition) is 2. The monoisotopic (exact) mass is 563 g/mol. The van der Waals surface area contributed by atoms with E-state index in [9.17, 15) is 8.78 Å². The van der Waals surface area contributed by atoms with Crippen molar-refractivity contribution in [3.8, 4) is 0 Å². The van der Waals surface area contributed by atoms with Crippen LogP contribution in [-0.4, -0.2) is 65.0 Å². The van der Waals surface area contributed by atoms with Crippen molar-refractivity contribution < 1.29 is 13.5 Å². The molecule has 0 spiro atoms. The van der Waals surface area contributed by atoms with Gasteiger partial charge in [0.15, 0.2) is 23.4 Å². The van der Waals surface area contributed by atoms with Crippen LogP contribution < -0.4 is 10.6 Å². The smallest absolute Gasteiger partial charge is 0.192 e. The predicted octanol–water partition coefficient (Wildman–Crippen LogP) is 2.54. The van der Waals surface area contributed by atoms with Gasteiger partial charge in [0.05, 0.1) is 19.3 Å². The molecule has 11 heteroatoms. The summed E-state index contributed by atoms with van der Waals surface area (Å²) in [6.45, 7) is 9.29. The molecule has 1 aromatic carbocycles. The number of aryl methyl sites for hydroxylation is 1. The third kappa shape index (κ3) is 7.62. The third-order valence-electron chi connectivity index (χ3n) is 5.41. The highest BCUT2D eigenvalue weighted by Gasteiger charge is 2.13. The van der Waals surface area contributed by atoms with Crippen molar-refractivity contribution in [3.05, 3.63) is 47.0 Å². The standard InChI is InChI=1S/C21H31F2N7O.HI/c1-15(17-5-6-18(22)19(23)13-17)26-21(25-14-20-28-27-16(2)29(20)3)24-7-4-8-30-9-11-31-12-10-30;/h5-6,13,15H,4,7-12,14H2,1-3H3,(H2,24,25,26);1H. The van der Waals surface area contributed by atoms with Crippen LogP contribution >= 0.6 is 24.0 Å². The van der Waals surface area contributed by atoms with Gasteiger partial charge in [-0.05, 0) is 44.5 Å². The van der Waals surface area contributed by atoms with Crippen LogP contribution in [0.3, 0.4) is 0 Å². The Morgan fingerprint density at radius 3 is 2.62 bits per heavy atom. The molecular formula is C21H32F2IN7O. The molecular weight excluding hydrogens is 531 g/mol. The predicted molar refractivity (Wildman–Crippen MR) is 130 cm³/mol. The van der Waals surface area contributed by atoms with Gasteiger partial charge in [0, 0.05) is 26.7 Å². The van der Waals surface area contributed by atoms with Gasteiger partial charge in [0.1, 0.15) is 12.4 Å². The molecule has 2 N–H and O–H groups in total. The number of halogens is 3. The fraction of sp³-hybridized carbons (Fsp3) is 0.571. The minimum Gasteiger partial charge on any atom is -0.379 e. The van der Waals surface area contributed by atoms with Crippen LogP contribution in [-0.2, 0) is 18.3 Å². The minimum absolute atomic E-state index is 0. The lowest BCUT2D eigenvalue weighted by Gasteiger charge is -2.26. The van der Waals surface area contributed by atoms with Gasteiger partial charge in [-0.25, -0.2) is 13.8 Å². The topological polar surface area (TPSA) is 79.6 Å². The zero-order valence-corrected chi connectivity index (χ0v) is 21.1. The second kappa shape index (κ2) is 13.0. The second-order valence-electron chi connectivity index (χ2n) is 7.66. The fourth-order valence-corrected chi connectivity index (χ4v) is 3.30. The largest absolute Gasteiger partial charge is 0.379 e. The number of rotatable bonds is 8. The average molecular weight is 563 g/mol. The minimum atomic E-state index is -0.863. The second-order valence-corrected chi connectivity index (χ2v) is 7.66. The van der Waals surface area contributed by atoms with Gasteiger partial charge >= 0.3 is 0 Å². The van der Waals surface area contributed by atoms with E-state index in [2.05, 4.69) is 30.7 Å². The number of benzene rings is 1. The van der Waals surface area contributed by atoms with Gasteiger partial charge in [-0.3, -0.25) is 4.90 Å². The zero-order chi connectivity index (χ0) is 22.2. The normalized spacial score (nSPS) is 15.8. The van der Waals surface area contributed by atoms with Crippen molar-refractivity contribution in [1.29, 1.82) is 0 Å². The number of guanidine groups is 1. The molecule has 0 saturated carbocycles. The molecule has 1 unspecified atom stereocenters. The Bertz CT molecular complexity index is 887. The lowest BCUT2D eigenvalue weighted by molar-refractivity contribution is 0.0376. The first-order valence-corrected chi connectivity index (χ1v) is 10.6. The Morgan fingerprint density at radius 2 is 1.97 bits per heavy atom. The molecule has 8 nitrogen and oxygen atoms in total. The maximum absolute atomic E-state index is 13.6. The molecule has 3 rings (SSSR count). The first-order valence-electron chi connectivity index (χ1n) is 10.6. The van der Waals surface area contributed by atoms with E-state index in [1.165, 1.54) is 6.07 Å². The summed E-state index contributed by atoms with van der Waals surface area (Å²) in [4.78, 5) is 7.00. The first kappa shape index (κ1) is 26.4. The number of morpholine rings is 1. The van der Waals surface area contributed by atoms with E-state index in [0.717, 1.165) is 63.5 Å². The average Bonchev–Trinajstić information content (AvgIpc) is 3.09. The quantitative estimate of drug-likeness (QED) is 0.223. The van der Waals surface area contributed by atoms with Gasteiger partial charge in [-0.2, -0.15) is 0 Å². The van der Waals surface area contributed by atoms with E-state index in [1.807, 2.05) is 25.5 Å². The molecule has 0 aliphatic carbocycles. The Hall–Kier alpha value is -1.86. The fourth-order valence-electron chi connectivity index (χ4n) is 3.30. The molecule has 1 atom stereocenters. The molecule has 0 radical (unpaired) electrons. The summed E-state index contributed by atoms with van der Waals surface area (Å²) >= 11 is 0. The van der Waals surface area contributed by atoms with E-state index in [1.54, 1.807) is 6.07 Å². The number of nitrogens with one attached hydrogen (secondary N) is 2. The van der Waals surface area contributed by atoms with E-state index in [0.29, 0.717) is 18.1 Å². The summed E-state index contributed by atoms with van der Waals surface area (Å²) in [6, 6.07) is 3.65. The number of nitrogens with zero attached hydrogens (tertiary/aromatic N) is 5. The molecule has 1 aliphatic rings. The van der Waals surface area contributed by atoms with Crippen molar-refractivity contribution in [2.45, 2.75) is 32.9 Å². The Balaban J connectivity index is 0.00000363. The molecule has 178 valence electrons. The SMILES string of the molecule is Cc1nnc(CN=C(NCCCN2CCOCC2)NC(C)c2ccc(F)c(F)c2)n1C.I. The molecule has 2 aromatic rings. The molecule has 2 heterocycles. The van der Waals surface area contributed by atoms with Gasteiger partial charge in [-0.1, -0.05) is 6.07 Å². The summed E-state index contributed by atoms with van der Waals surface area (Å²) in [7, 11) is 1.90. The highest BCUT2D eigenvalue weighted by Crippen LogP contribution is 2.16. The molecule has 0 bridgehead atoms. The van der Waals surface area contributed by atoms with E-state index in [-0.39, 0.29) is 30.0 Å². The van der Waals surface area contributed by atoms with Crippen molar-refractivity contribution in [3.63, 3.8) is 0 Å². The number of ether oxygens (including phenoxy) is 1. The molecule has 1 saturated heterocycles. The van der Waals surface area contributed by atoms with Gasteiger partial charge < -0.3 is 19.9 Å². The van der Waals surface area contributed by atoms with Crippen LogP contribution in [0.1, 0.15) is 36.6 Å². The summed E-state index contributed by atoms with van der Waals surface area (Å²) in [5.74, 6) is 0.419. The number of aromatic nitrogens is 3. The third-order valence-corrected chi connectivity index (χ3v) is 5.41. The molecule has 0 amide bonds. The van der Waals surface area contributed by atoms with Crippen LogP contribution in [0.15, 0.2) is 23.2 Å². The Morgan fingerprint density at radius 1 is 1.22 bits per heavy atom. The van der Waals surface area contributed by atoms with Crippen LogP contribution in [0.4, 0.5) is 8.78 Å². The van der Waals surface area contributed by atoms with Crippen LogP contribution in [0.2, 0.25) is 0 Å². The van der Waals surface area contributed by atoms with Gasteiger partial charge in [-0.15, -0.1) is 34.2 Å². The van der Waals surface area contributed by atoms with E-state index >= 15 is 0 Å². The van der Waals surface area contributed by atoms with E-state index < -0.39 is 11.6 Å². The number of aliphatic imine (C=N–C) groups is 1. The summed E-state index contributed by atoms with van der Waals surface area (Å²) in [5, 5.41) is 14.8. The summed E-state index contributed by atoms with van der Waals surface area (Å²) in [5.41, 5.74) is 0.635. The highest BCUT2D eigenvalue weighted by molar-refractivity contribution is 14.0. The van der Waals surface area contributed by atoms with Crippen LogP contribution in [0, 0.1) is 18.6 Å². The zero-order valence-electron chi connectivity index (χ0n) is 18.8. The molecule has 32 heavy (non-hydrogen) atoms. The van der Waals surface area contributed by atoms with Gasteiger partial charge in [0.25, 0.3) is 0 Å². The van der Waals surface area contributed by atoms with Gasteiger partial charge in [0.2, 0.25) is 0 Å². The maximum Gasteiger partial charge on any atom is 0.192 e.